The Kier molecular flexibility index (Phi) is 6.25. The van der Waals surface area contributed by atoms with Gasteiger partial charge in [0, 0.05) is 35.5 Å². The fourth-order valence-corrected chi connectivity index (χ4v) is 3.89. The molecule has 1 atom stereocenters. The molecular formula is C22H25ClN2O3. The molecule has 2 aromatic carbocycles. The van der Waals surface area contributed by atoms with Gasteiger partial charge >= 0.3 is 0 Å². The van der Waals surface area contributed by atoms with Crippen LogP contribution < -0.4 is 10.5 Å². The summed E-state index contributed by atoms with van der Waals surface area (Å²) in [6, 6.07) is 14.7. The monoisotopic (exact) mass is 400 g/mol. The minimum Gasteiger partial charge on any atom is -0.493 e. The van der Waals surface area contributed by atoms with E-state index in [0.717, 1.165) is 18.4 Å². The number of likely N-dealkylation sites (tertiary alicyclic amines) is 1. The van der Waals surface area contributed by atoms with Crippen molar-refractivity contribution in [3.05, 3.63) is 64.7 Å². The molecule has 2 N–H and O–H groups in total. The zero-order valence-corrected chi connectivity index (χ0v) is 16.7. The molecular weight excluding hydrogens is 376 g/mol. The van der Waals surface area contributed by atoms with Gasteiger partial charge in [-0.2, -0.15) is 0 Å². The summed E-state index contributed by atoms with van der Waals surface area (Å²) in [5.41, 5.74) is 6.61. The van der Waals surface area contributed by atoms with Crippen LogP contribution >= 0.6 is 11.6 Å². The number of nitrogens with zero attached hydrogens (tertiary/aromatic N) is 1. The van der Waals surface area contributed by atoms with E-state index in [2.05, 4.69) is 0 Å². The Hall–Kier alpha value is -2.53. The van der Waals surface area contributed by atoms with Gasteiger partial charge in [0.25, 0.3) is 5.91 Å². The summed E-state index contributed by atoms with van der Waals surface area (Å²) in [7, 11) is 0. The number of rotatable bonds is 6. The normalized spacial score (nSPS) is 19.3. The van der Waals surface area contributed by atoms with Crippen LogP contribution in [0.2, 0.25) is 5.02 Å². The van der Waals surface area contributed by atoms with E-state index >= 15 is 0 Å². The SMILES string of the molecule is Cc1cc(OCC2(CC(N)=O)CCCN(C(=O)c3ccccc3)C2)ccc1Cl. The van der Waals surface area contributed by atoms with Crippen LogP contribution in [-0.2, 0) is 4.79 Å². The molecule has 1 heterocycles. The van der Waals surface area contributed by atoms with E-state index in [0.29, 0.717) is 36.0 Å². The van der Waals surface area contributed by atoms with E-state index in [-0.39, 0.29) is 18.2 Å². The molecule has 0 bridgehead atoms. The number of primary amides is 1. The third-order valence-electron chi connectivity index (χ3n) is 5.19. The van der Waals surface area contributed by atoms with Gasteiger partial charge in [0.05, 0.1) is 6.61 Å². The number of benzene rings is 2. The fraction of sp³-hybridized carbons (Fsp3) is 0.364. The van der Waals surface area contributed by atoms with Gasteiger partial charge in [-0.05, 0) is 55.7 Å². The summed E-state index contributed by atoms with van der Waals surface area (Å²) in [6.45, 7) is 3.33. The van der Waals surface area contributed by atoms with Crippen LogP contribution in [0, 0.1) is 12.3 Å². The molecule has 28 heavy (non-hydrogen) atoms. The topological polar surface area (TPSA) is 72.6 Å². The second kappa shape index (κ2) is 8.65. The number of carbonyl (C=O) groups excluding carboxylic acids is 2. The van der Waals surface area contributed by atoms with Gasteiger partial charge < -0.3 is 15.4 Å². The molecule has 0 radical (unpaired) electrons. The Morgan fingerprint density at radius 3 is 2.64 bits per heavy atom. The van der Waals surface area contributed by atoms with E-state index < -0.39 is 5.41 Å². The second-order valence-electron chi connectivity index (χ2n) is 7.54. The van der Waals surface area contributed by atoms with Crippen molar-refractivity contribution in [2.75, 3.05) is 19.7 Å². The van der Waals surface area contributed by atoms with Crippen LogP contribution in [0.4, 0.5) is 0 Å². The number of carbonyl (C=O) groups is 2. The van der Waals surface area contributed by atoms with Crippen LogP contribution in [0.5, 0.6) is 5.75 Å². The zero-order chi connectivity index (χ0) is 20.1. The van der Waals surface area contributed by atoms with E-state index in [1.807, 2.05) is 37.3 Å². The Morgan fingerprint density at radius 2 is 1.96 bits per heavy atom. The number of halogens is 1. The van der Waals surface area contributed by atoms with Gasteiger partial charge in [0.1, 0.15) is 5.75 Å². The second-order valence-corrected chi connectivity index (χ2v) is 7.95. The molecule has 3 rings (SSSR count). The molecule has 1 aliphatic rings. The van der Waals surface area contributed by atoms with Crippen LogP contribution in [0.15, 0.2) is 48.5 Å². The van der Waals surface area contributed by atoms with Crippen molar-refractivity contribution in [3.8, 4) is 5.75 Å². The van der Waals surface area contributed by atoms with Gasteiger partial charge in [0.15, 0.2) is 0 Å². The summed E-state index contributed by atoms with van der Waals surface area (Å²) in [5.74, 6) is 0.277. The van der Waals surface area contributed by atoms with Crippen molar-refractivity contribution in [1.29, 1.82) is 0 Å². The summed E-state index contributed by atoms with van der Waals surface area (Å²) in [6.07, 6.45) is 1.76. The minimum atomic E-state index is -0.498. The highest BCUT2D eigenvalue weighted by Gasteiger charge is 2.39. The van der Waals surface area contributed by atoms with Crippen LogP contribution in [0.3, 0.4) is 0 Å². The number of ether oxygens (including phenoxy) is 1. The Labute approximate surface area is 170 Å². The maximum atomic E-state index is 12.9. The minimum absolute atomic E-state index is 0.0310. The first kappa shape index (κ1) is 20.2. The largest absolute Gasteiger partial charge is 0.493 e. The maximum Gasteiger partial charge on any atom is 0.253 e. The van der Waals surface area contributed by atoms with E-state index in [1.54, 1.807) is 23.1 Å². The molecule has 2 amide bonds. The first-order valence-corrected chi connectivity index (χ1v) is 9.78. The van der Waals surface area contributed by atoms with Gasteiger partial charge in [-0.15, -0.1) is 0 Å². The lowest BCUT2D eigenvalue weighted by Crippen LogP contribution is -2.50. The summed E-state index contributed by atoms with van der Waals surface area (Å²) in [5, 5.41) is 0.677. The lowest BCUT2D eigenvalue weighted by molar-refractivity contribution is -0.122. The van der Waals surface area contributed by atoms with Crippen molar-refractivity contribution >= 4 is 23.4 Å². The molecule has 5 nitrogen and oxygen atoms in total. The zero-order valence-electron chi connectivity index (χ0n) is 16.0. The Morgan fingerprint density at radius 1 is 1.21 bits per heavy atom. The van der Waals surface area contributed by atoms with Crippen molar-refractivity contribution in [2.24, 2.45) is 11.1 Å². The van der Waals surface area contributed by atoms with Gasteiger partial charge in [-0.3, -0.25) is 9.59 Å². The smallest absolute Gasteiger partial charge is 0.253 e. The lowest BCUT2D eigenvalue weighted by Gasteiger charge is -2.42. The first-order valence-electron chi connectivity index (χ1n) is 9.40. The predicted octanol–water partition coefficient (Wildman–Crippen LogP) is 3.83. The number of hydrogen-bond acceptors (Lipinski definition) is 3. The molecule has 0 spiro atoms. The van der Waals surface area contributed by atoms with Crippen LogP contribution in [0.1, 0.15) is 35.2 Å². The fourth-order valence-electron chi connectivity index (χ4n) is 3.77. The standard InChI is InChI=1S/C22H25ClN2O3/c1-16-12-18(8-9-19(16)23)28-15-22(13-20(24)26)10-5-11-25(14-22)21(27)17-6-3-2-4-7-17/h2-4,6-9,12H,5,10-11,13-15H2,1H3,(H2,24,26). The highest BCUT2D eigenvalue weighted by Crippen LogP contribution is 2.35. The summed E-state index contributed by atoms with van der Waals surface area (Å²) in [4.78, 5) is 26.5. The average molecular weight is 401 g/mol. The quantitative estimate of drug-likeness (QED) is 0.800. The number of piperidine rings is 1. The molecule has 1 fully saturated rings. The van der Waals surface area contributed by atoms with E-state index in [9.17, 15) is 9.59 Å². The number of amides is 2. The molecule has 0 saturated carbocycles. The van der Waals surface area contributed by atoms with Crippen LogP contribution in [-0.4, -0.2) is 36.4 Å². The van der Waals surface area contributed by atoms with Crippen molar-refractivity contribution < 1.29 is 14.3 Å². The highest BCUT2D eigenvalue weighted by atomic mass is 35.5. The Bertz CT molecular complexity index is 856. The predicted molar refractivity (Wildman–Crippen MR) is 110 cm³/mol. The molecule has 1 unspecified atom stereocenters. The molecule has 1 saturated heterocycles. The van der Waals surface area contributed by atoms with Crippen molar-refractivity contribution in [3.63, 3.8) is 0 Å². The van der Waals surface area contributed by atoms with Gasteiger partial charge in [-0.1, -0.05) is 29.8 Å². The van der Waals surface area contributed by atoms with E-state index in [1.165, 1.54) is 0 Å². The third kappa shape index (κ3) is 4.84. The maximum absolute atomic E-state index is 12.9. The van der Waals surface area contributed by atoms with Crippen LogP contribution in [0.25, 0.3) is 0 Å². The number of hydrogen-bond donors (Lipinski definition) is 1. The Balaban J connectivity index is 1.76. The summed E-state index contributed by atoms with van der Waals surface area (Å²) >= 11 is 6.08. The van der Waals surface area contributed by atoms with E-state index in [4.69, 9.17) is 22.1 Å². The molecule has 1 aliphatic heterocycles. The average Bonchev–Trinajstić information content (AvgIpc) is 2.69. The van der Waals surface area contributed by atoms with Crippen molar-refractivity contribution in [1.82, 2.24) is 4.90 Å². The molecule has 148 valence electrons. The third-order valence-corrected chi connectivity index (χ3v) is 5.62. The molecule has 0 aliphatic carbocycles. The highest BCUT2D eigenvalue weighted by molar-refractivity contribution is 6.31. The van der Waals surface area contributed by atoms with Gasteiger partial charge in [0.2, 0.25) is 5.91 Å². The molecule has 6 heteroatoms. The molecule has 2 aromatic rings. The number of aryl methyl sites for hydroxylation is 1. The molecule has 0 aromatic heterocycles. The number of nitrogens with two attached hydrogens (primary N) is 1. The van der Waals surface area contributed by atoms with Gasteiger partial charge in [-0.25, -0.2) is 0 Å². The lowest BCUT2D eigenvalue weighted by atomic mass is 9.77. The van der Waals surface area contributed by atoms with Crippen molar-refractivity contribution in [2.45, 2.75) is 26.2 Å². The summed E-state index contributed by atoms with van der Waals surface area (Å²) < 4.78 is 6.01. The first-order chi connectivity index (χ1) is 13.4.